The zero-order chi connectivity index (χ0) is 13.4. The van der Waals surface area contributed by atoms with Gasteiger partial charge in [0.05, 0.1) is 5.39 Å². The van der Waals surface area contributed by atoms with Crippen LogP contribution in [-0.2, 0) is 12.8 Å². The molecule has 0 radical (unpaired) electrons. The van der Waals surface area contributed by atoms with Crippen molar-refractivity contribution in [3.8, 4) is 0 Å². The third-order valence-corrected chi connectivity index (χ3v) is 5.90. The van der Waals surface area contributed by atoms with Crippen molar-refractivity contribution < 1.29 is 0 Å². The van der Waals surface area contributed by atoms with E-state index in [9.17, 15) is 0 Å². The standard InChI is InChI=1S/C16H21N3S/c1-2-8-12-13(9-3-1)20-16-14(12)15(17-10-18-16)19-11-6-4-5-7-11/h10-11H,1-9H2,(H,17,18,19). The molecule has 4 heteroatoms. The minimum absolute atomic E-state index is 0.620. The van der Waals surface area contributed by atoms with Crippen LogP contribution in [-0.4, -0.2) is 16.0 Å². The minimum atomic E-state index is 0.620. The summed E-state index contributed by atoms with van der Waals surface area (Å²) >= 11 is 1.89. The number of aromatic nitrogens is 2. The maximum atomic E-state index is 4.57. The van der Waals surface area contributed by atoms with Crippen LogP contribution in [0.3, 0.4) is 0 Å². The largest absolute Gasteiger partial charge is 0.367 e. The molecule has 1 fully saturated rings. The van der Waals surface area contributed by atoms with Gasteiger partial charge in [-0.2, -0.15) is 0 Å². The summed E-state index contributed by atoms with van der Waals surface area (Å²) in [5.41, 5.74) is 1.54. The zero-order valence-corrected chi connectivity index (χ0v) is 12.6. The predicted molar refractivity (Wildman–Crippen MR) is 84.6 cm³/mol. The lowest BCUT2D eigenvalue weighted by Crippen LogP contribution is -2.15. The first-order valence-corrected chi connectivity index (χ1v) is 8.75. The molecule has 0 atom stereocenters. The number of nitrogens with one attached hydrogen (secondary N) is 1. The van der Waals surface area contributed by atoms with Crippen LogP contribution in [0.4, 0.5) is 5.82 Å². The summed E-state index contributed by atoms with van der Waals surface area (Å²) in [7, 11) is 0. The molecule has 0 unspecified atom stereocenters. The third kappa shape index (κ3) is 2.20. The molecule has 106 valence electrons. The van der Waals surface area contributed by atoms with Gasteiger partial charge in [-0.3, -0.25) is 0 Å². The van der Waals surface area contributed by atoms with Crippen molar-refractivity contribution in [2.45, 2.75) is 63.8 Å². The first-order chi connectivity index (χ1) is 9.92. The predicted octanol–water partition coefficient (Wildman–Crippen LogP) is 4.31. The van der Waals surface area contributed by atoms with Crippen molar-refractivity contribution in [1.82, 2.24) is 9.97 Å². The molecule has 2 aliphatic rings. The second kappa shape index (κ2) is 5.32. The van der Waals surface area contributed by atoms with E-state index in [1.807, 2.05) is 11.3 Å². The molecular weight excluding hydrogens is 266 g/mol. The van der Waals surface area contributed by atoms with Gasteiger partial charge < -0.3 is 5.32 Å². The summed E-state index contributed by atoms with van der Waals surface area (Å²) in [6.45, 7) is 0. The van der Waals surface area contributed by atoms with Gasteiger partial charge in [0.2, 0.25) is 0 Å². The van der Waals surface area contributed by atoms with Gasteiger partial charge in [0.25, 0.3) is 0 Å². The van der Waals surface area contributed by atoms with Gasteiger partial charge >= 0.3 is 0 Å². The van der Waals surface area contributed by atoms with E-state index in [4.69, 9.17) is 0 Å². The summed E-state index contributed by atoms with van der Waals surface area (Å²) in [5.74, 6) is 1.10. The van der Waals surface area contributed by atoms with Crippen LogP contribution in [0.1, 0.15) is 55.4 Å². The molecule has 3 nitrogen and oxygen atoms in total. The van der Waals surface area contributed by atoms with Crippen LogP contribution >= 0.6 is 11.3 Å². The topological polar surface area (TPSA) is 37.8 Å². The number of hydrogen-bond acceptors (Lipinski definition) is 4. The SMILES string of the molecule is c1nc(NC2CCCC2)c2c3c(sc2n1)CCCCC3. The van der Waals surface area contributed by atoms with Crippen LogP contribution < -0.4 is 5.32 Å². The summed E-state index contributed by atoms with van der Waals surface area (Å²) in [5, 5.41) is 5.03. The lowest BCUT2D eigenvalue weighted by molar-refractivity contribution is 0.713. The summed E-state index contributed by atoms with van der Waals surface area (Å²) < 4.78 is 0. The fourth-order valence-electron chi connectivity index (χ4n) is 3.64. The van der Waals surface area contributed by atoms with E-state index in [0.717, 1.165) is 5.82 Å². The van der Waals surface area contributed by atoms with E-state index in [0.29, 0.717) is 6.04 Å². The number of anilines is 1. The molecule has 0 aromatic carbocycles. The van der Waals surface area contributed by atoms with Gasteiger partial charge in [0.1, 0.15) is 17.0 Å². The van der Waals surface area contributed by atoms with E-state index < -0.39 is 0 Å². The summed E-state index contributed by atoms with van der Waals surface area (Å²) in [6.07, 6.45) is 13.5. The van der Waals surface area contributed by atoms with Crippen molar-refractivity contribution in [3.05, 3.63) is 16.8 Å². The molecule has 2 aliphatic carbocycles. The van der Waals surface area contributed by atoms with Gasteiger partial charge in [-0.25, -0.2) is 9.97 Å². The Bertz CT molecular complexity index is 613. The van der Waals surface area contributed by atoms with E-state index in [2.05, 4.69) is 15.3 Å². The second-order valence-corrected chi connectivity index (χ2v) is 7.18. The molecule has 0 saturated heterocycles. The van der Waals surface area contributed by atoms with Crippen molar-refractivity contribution in [3.63, 3.8) is 0 Å². The molecule has 0 spiro atoms. The quantitative estimate of drug-likeness (QED) is 0.836. The first-order valence-electron chi connectivity index (χ1n) is 7.93. The van der Waals surface area contributed by atoms with E-state index >= 15 is 0 Å². The summed E-state index contributed by atoms with van der Waals surface area (Å²) in [4.78, 5) is 11.8. The molecule has 0 bridgehead atoms. The highest BCUT2D eigenvalue weighted by Crippen LogP contribution is 2.38. The van der Waals surface area contributed by atoms with Crippen molar-refractivity contribution in [1.29, 1.82) is 0 Å². The Morgan fingerprint density at radius 3 is 2.75 bits per heavy atom. The molecular formula is C16H21N3S. The monoisotopic (exact) mass is 287 g/mol. The van der Waals surface area contributed by atoms with Crippen molar-refractivity contribution >= 4 is 27.4 Å². The molecule has 2 aromatic heterocycles. The van der Waals surface area contributed by atoms with Gasteiger partial charge in [-0.05, 0) is 44.1 Å². The lowest BCUT2D eigenvalue weighted by Gasteiger charge is -2.14. The Kier molecular flexibility index (Phi) is 3.34. The van der Waals surface area contributed by atoms with Crippen LogP contribution in [0.5, 0.6) is 0 Å². The number of rotatable bonds is 2. The van der Waals surface area contributed by atoms with Crippen molar-refractivity contribution in [2.24, 2.45) is 0 Å². The highest BCUT2D eigenvalue weighted by Gasteiger charge is 2.21. The first kappa shape index (κ1) is 12.6. The Morgan fingerprint density at radius 1 is 1.00 bits per heavy atom. The number of thiophene rings is 1. The number of hydrogen-bond donors (Lipinski definition) is 1. The average Bonchev–Trinajstić information content (AvgIpc) is 3.02. The molecule has 0 aliphatic heterocycles. The average molecular weight is 287 g/mol. The highest BCUT2D eigenvalue weighted by atomic mass is 32.1. The number of fused-ring (bicyclic) bond motifs is 3. The molecule has 2 heterocycles. The molecule has 4 rings (SSSR count). The van der Waals surface area contributed by atoms with Gasteiger partial charge in [-0.1, -0.05) is 19.3 Å². The molecule has 1 saturated carbocycles. The van der Waals surface area contributed by atoms with Crippen molar-refractivity contribution in [2.75, 3.05) is 5.32 Å². The van der Waals surface area contributed by atoms with Crippen LogP contribution in [0.2, 0.25) is 0 Å². The van der Waals surface area contributed by atoms with Gasteiger partial charge in [0.15, 0.2) is 0 Å². The Labute approximate surface area is 123 Å². The normalized spacial score (nSPS) is 20.0. The minimum Gasteiger partial charge on any atom is -0.367 e. The molecule has 0 amide bonds. The maximum absolute atomic E-state index is 4.57. The Balaban J connectivity index is 1.77. The Morgan fingerprint density at radius 2 is 1.85 bits per heavy atom. The van der Waals surface area contributed by atoms with Crippen LogP contribution in [0.15, 0.2) is 6.33 Å². The molecule has 2 aromatic rings. The van der Waals surface area contributed by atoms with Gasteiger partial charge in [-0.15, -0.1) is 11.3 Å². The summed E-state index contributed by atoms with van der Waals surface area (Å²) in [6, 6.07) is 0.620. The maximum Gasteiger partial charge on any atom is 0.138 e. The third-order valence-electron chi connectivity index (χ3n) is 4.70. The zero-order valence-electron chi connectivity index (χ0n) is 11.8. The van der Waals surface area contributed by atoms with E-state index in [1.165, 1.54) is 68.0 Å². The van der Waals surface area contributed by atoms with E-state index in [1.54, 1.807) is 16.8 Å². The molecule has 1 N–H and O–H groups in total. The fourth-order valence-corrected chi connectivity index (χ4v) is 4.87. The van der Waals surface area contributed by atoms with Gasteiger partial charge in [0, 0.05) is 10.9 Å². The molecule has 20 heavy (non-hydrogen) atoms. The number of nitrogens with zero attached hydrogens (tertiary/aromatic N) is 2. The van der Waals surface area contributed by atoms with Crippen LogP contribution in [0.25, 0.3) is 10.2 Å². The fraction of sp³-hybridized carbons (Fsp3) is 0.625. The van der Waals surface area contributed by atoms with Crippen LogP contribution in [0, 0.1) is 0 Å². The smallest absolute Gasteiger partial charge is 0.138 e. The second-order valence-electron chi connectivity index (χ2n) is 6.09. The highest BCUT2D eigenvalue weighted by molar-refractivity contribution is 7.18. The van der Waals surface area contributed by atoms with E-state index in [-0.39, 0.29) is 0 Å². The Hall–Kier alpha value is -1.16. The lowest BCUT2D eigenvalue weighted by atomic mass is 10.1. The number of aryl methyl sites for hydroxylation is 2.